The summed E-state index contributed by atoms with van der Waals surface area (Å²) in [5.41, 5.74) is 1.86. The van der Waals surface area contributed by atoms with Crippen molar-refractivity contribution in [1.82, 2.24) is 4.98 Å². The van der Waals surface area contributed by atoms with E-state index in [9.17, 15) is 9.59 Å². The summed E-state index contributed by atoms with van der Waals surface area (Å²) >= 11 is 0. The van der Waals surface area contributed by atoms with Gasteiger partial charge in [-0.2, -0.15) is 0 Å². The maximum Gasteiger partial charge on any atom is 0.344 e. The Labute approximate surface area is 154 Å². The number of pyridine rings is 1. The number of nitrogens with one attached hydrogen (secondary N) is 1. The van der Waals surface area contributed by atoms with E-state index in [1.165, 1.54) is 7.11 Å². The maximum atomic E-state index is 12.8. The Kier molecular flexibility index (Phi) is 4.16. The second-order valence-corrected chi connectivity index (χ2v) is 5.93. The Morgan fingerprint density at radius 3 is 2.63 bits per heavy atom. The number of rotatable bonds is 4. The molecule has 136 valence electrons. The number of furan rings is 1. The number of para-hydroxylation sites is 2. The molecule has 0 saturated carbocycles. The van der Waals surface area contributed by atoms with Gasteiger partial charge in [0.25, 0.3) is 5.56 Å². The molecule has 2 aromatic carbocycles. The van der Waals surface area contributed by atoms with E-state index in [2.05, 4.69) is 4.98 Å². The second-order valence-electron chi connectivity index (χ2n) is 5.93. The van der Waals surface area contributed by atoms with Gasteiger partial charge < -0.3 is 18.9 Å². The fraction of sp³-hybridized carbons (Fsp3) is 0.143. The third-order valence-electron chi connectivity index (χ3n) is 4.39. The summed E-state index contributed by atoms with van der Waals surface area (Å²) in [6.07, 6.45) is 0. The lowest BCUT2D eigenvalue weighted by Crippen LogP contribution is -2.21. The molecule has 4 aromatic rings. The lowest BCUT2D eigenvalue weighted by molar-refractivity contribution is 0.0525. The third kappa shape index (κ3) is 2.66. The van der Waals surface area contributed by atoms with Gasteiger partial charge in [0, 0.05) is 10.9 Å². The van der Waals surface area contributed by atoms with Gasteiger partial charge in [0.05, 0.1) is 24.8 Å². The minimum absolute atomic E-state index is 0.104. The summed E-state index contributed by atoms with van der Waals surface area (Å²) in [5, 5.41) is 0.760. The van der Waals surface area contributed by atoms with Gasteiger partial charge in [-0.15, -0.1) is 0 Å². The molecular weight excluding hydrogens is 346 g/mol. The van der Waals surface area contributed by atoms with E-state index in [1.54, 1.807) is 19.1 Å². The van der Waals surface area contributed by atoms with Gasteiger partial charge >= 0.3 is 5.97 Å². The van der Waals surface area contributed by atoms with E-state index in [-0.39, 0.29) is 12.2 Å². The summed E-state index contributed by atoms with van der Waals surface area (Å²) in [7, 11) is 1.53. The van der Waals surface area contributed by atoms with Crippen LogP contribution in [-0.2, 0) is 4.74 Å². The number of ether oxygens (including phenoxy) is 2. The minimum atomic E-state index is -0.706. The zero-order valence-electron chi connectivity index (χ0n) is 14.9. The predicted molar refractivity (Wildman–Crippen MR) is 102 cm³/mol. The van der Waals surface area contributed by atoms with Crippen molar-refractivity contribution in [3.8, 4) is 16.9 Å². The monoisotopic (exact) mass is 363 g/mol. The zero-order chi connectivity index (χ0) is 19.0. The Morgan fingerprint density at radius 1 is 1.11 bits per heavy atom. The number of esters is 1. The van der Waals surface area contributed by atoms with Crippen LogP contribution in [0.2, 0.25) is 0 Å². The number of H-pyrrole nitrogens is 1. The molecule has 2 heterocycles. The van der Waals surface area contributed by atoms with Gasteiger partial charge in [0.15, 0.2) is 5.58 Å². The topological polar surface area (TPSA) is 81.5 Å². The standard InChI is InChI=1S/C21H17NO5/c1-3-26-21(24)17-16(12-8-4-6-10-14(12)25-2)19-18(22-20(17)23)13-9-5-7-11-15(13)27-19/h4-11H,3H2,1-2H3,(H,22,23). The smallest absolute Gasteiger partial charge is 0.344 e. The highest BCUT2D eigenvalue weighted by Gasteiger charge is 2.26. The first-order valence-electron chi connectivity index (χ1n) is 8.53. The minimum Gasteiger partial charge on any atom is -0.496 e. The van der Waals surface area contributed by atoms with Crippen LogP contribution in [0.3, 0.4) is 0 Å². The number of hydrogen-bond donors (Lipinski definition) is 1. The highest BCUT2D eigenvalue weighted by atomic mass is 16.5. The van der Waals surface area contributed by atoms with E-state index in [1.807, 2.05) is 36.4 Å². The Hall–Kier alpha value is -3.54. The predicted octanol–water partition coefficient (Wildman–Crippen LogP) is 4.13. The highest BCUT2D eigenvalue weighted by Crippen LogP contribution is 2.39. The van der Waals surface area contributed by atoms with E-state index in [4.69, 9.17) is 13.9 Å². The summed E-state index contributed by atoms with van der Waals surface area (Å²) in [6, 6.07) is 14.5. The zero-order valence-corrected chi connectivity index (χ0v) is 14.9. The van der Waals surface area contributed by atoms with Gasteiger partial charge in [-0.1, -0.05) is 30.3 Å². The fourth-order valence-electron chi connectivity index (χ4n) is 3.25. The third-order valence-corrected chi connectivity index (χ3v) is 4.39. The second kappa shape index (κ2) is 6.64. The molecule has 0 fully saturated rings. The molecule has 6 nitrogen and oxygen atoms in total. The molecule has 0 spiro atoms. The van der Waals surface area contributed by atoms with E-state index < -0.39 is 11.5 Å². The largest absolute Gasteiger partial charge is 0.496 e. The first kappa shape index (κ1) is 16.9. The molecule has 1 N–H and O–H groups in total. The van der Waals surface area contributed by atoms with Crippen molar-refractivity contribution < 1.29 is 18.7 Å². The normalized spacial score (nSPS) is 11.0. The highest BCUT2D eigenvalue weighted by molar-refractivity contribution is 6.12. The molecule has 0 aliphatic heterocycles. The summed E-state index contributed by atoms with van der Waals surface area (Å²) < 4.78 is 16.6. The van der Waals surface area contributed by atoms with Crippen LogP contribution < -0.4 is 10.3 Å². The molecule has 27 heavy (non-hydrogen) atoms. The first-order valence-corrected chi connectivity index (χ1v) is 8.53. The lowest BCUT2D eigenvalue weighted by Gasteiger charge is -2.12. The molecule has 6 heteroatoms. The van der Waals surface area contributed by atoms with Crippen LogP contribution in [0.5, 0.6) is 5.75 Å². The first-order chi connectivity index (χ1) is 13.2. The van der Waals surface area contributed by atoms with Gasteiger partial charge in [0.1, 0.15) is 16.9 Å². The molecule has 0 saturated heterocycles. The van der Waals surface area contributed by atoms with Crippen molar-refractivity contribution in [2.24, 2.45) is 0 Å². The number of methoxy groups -OCH3 is 1. The van der Waals surface area contributed by atoms with Gasteiger partial charge in [-0.3, -0.25) is 4.79 Å². The van der Waals surface area contributed by atoms with Crippen molar-refractivity contribution in [2.75, 3.05) is 13.7 Å². The lowest BCUT2D eigenvalue weighted by atomic mass is 9.98. The van der Waals surface area contributed by atoms with E-state index in [0.29, 0.717) is 33.6 Å². The summed E-state index contributed by atoms with van der Waals surface area (Å²) in [5.74, 6) is -0.183. The van der Waals surface area contributed by atoms with E-state index in [0.717, 1.165) is 5.39 Å². The van der Waals surface area contributed by atoms with Crippen LogP contribution in [0, 0.1) is 0 Å². The number of aromatic nitrogens is 1. The molecule has 0 radical (unpaired) electrons. The maximum absolute atomic E-state index is 12.8. The van der Waals surface area contributed by atoms with Crippen molar-refractivity contribution in [3.63, 3.8) is 0 Å². The average Bonchev–Trinajstić information content (AvgIpc) is 3.05. The molecule has 0 aliphatic carbocycles. The Bertz CT molecular complexity index is 1220. The molecular formula is C21H17NO5. The van der Waals surface area contributed by atoms with Crippen LogP contribution in [0.4, 0.5) is 0 Å². The van der Waals surface area contributed by atoms with Crippen LogP contribution in [0.1, 0.15) is 17.3 Å². The van der Waals surface area contributed by atoms with Crippen molar-refractivity contribution in [3.05, 3.63) is 64.4 Å². The van der Waals surface area contributed by atoms with Crippen molar-refractivity contribution in [2.45, 2.75) is 6.92 Å². The fourth-order valence-corrected chi connectivity index (χ4v) is 3.25. The average molecular weight is 363 g/mol. The van der Waals surface area contributed by atoms with Crippen LogP contribution >= 0.6 is 0 Å². The van der Waals surface area contributed by atoms with Gasteiger partial charge in [-0.25, -0.2) is 4.79 Å². The van der Waals surface area contributed by atoms with E-state index >= 15 is 0 Å². The number of carbonyl (C=O) groups is 1. The molecule has 0 atom stereocenters. The Balaban J connectivity index is 2.19. The number of benzene rings is 2. The molecule has 2 aromatic heterocycles. The molecule has 4 rings (SSSR count). The van der Waals surface area contributed by atoms with Crippen LogP contribution in [0.25, 0.3) is 33.2 Å². The van der Waals surface area contributed by atoms with Crippen LogP contribution in [-0.4, -0.2) is 24.7 Å². The van der Waals surface area contributed by atoms with Crippen molar-refractivity contribution >= 4 is 28.0 Å². The number of carbonyl (C=O) groups excluding carboxylic acids is 1. The number of fused-ring (bicyclic) bond motifs is 3. The molecule has 0 unspecified atom stereocenters. The summed E-state index contributed by atoms with van der Waals surface area (Å²) in [4.78, 5) is 28.2. The number of hydrogen-bond acceptors (Lipinski definition) is 5. The Morgan fingerprint density at radius 2 is 1.85 bits per heavy atom. The van der Waals surface area contributed by atoms with Crippen LogP contribution in [0.15, 0.2) is 57.7 Å². The quantitative estimate of drug-likeness (QED) is 0.552. The summed E-state index contributed by atoms with van der Waals surface area (Å²) in [6.45, 7) is 1.84. The molecule has 0 bridgehead atoms. The van der Waals surface area contributed by atoms with Crippen molar-refractivity contribution in [1.29, 1.82) is 0 Å². The molecule has 0 aliphatic rings. The molecule has 0 amide bonds. The number of aromatic amines is 1. The van der Waals surface area contributed by atoms with Gasteiger partial charge in [-0.05, 0) is 25.1 Å². The van der Waals surface area contributed by atoms with Gasteiger partial charge in [0.2, 0.25) is 0 Å². The SMILES string of the molecule is CCOC(=O)c1c(-c2ccccc2OC)c2oc3ccccc3c2[nH]c1=O.